The quantitative estimate of drug-likeness (QED) is 0.420. The summed E-state index contributed by atoms with van der Waals surface area (Å²) >= 11 is 1.58. The third-order valence-corrected chi connectivity index (χ3v) is 6.66. The minimum absolute atomic E-state index is 0.759. The molecule has 0 N–H and O–H groups in total. The van der Waals surface area contributed by atoms with E-state index in [4.69, 9.17) is 9.72 Å². The Hall–Kier alpha value is -3.43. The molecule has 0 spiro atoms. The molecule has 5 aromatic rings. The second-order valence-corrected chi connectivity index (χ2v) is 8.76. The SMILES string of the molecule is Cn1cc(-c2ccc3nnc(Sc4cccc5cc(N6CCOCC6)cnc45)n3c2)cn1. The van der Waals surface area contributed by atoms with Crippen molar-refractivity contribution in [2.45, 2.75) is 10.1 Å². The highest BCUT2D eigenvalue weighted by Crippen LogP contribution is 2.33. The number of nitrogens with zero attached hydrogens (tertiary/aromatic N) is 7. The fourth-order valence-corrected chi connectivity index (χ4v) is 4.91. The van der Waals surface area contributed by atoms with Gasteiger partial charge in [0, 0.05) is 53.9 Å². The van der Waals surface area contributed by atoms with E-state index in [-0.39, 0.29) is 0 Å². The van der Waals surface area contributed by atoms with Crippen LogP contribution < -0.4 is 4.90 Å². The van der Waals surface area contributed by atoms with Crippen LogP contribution in [0.1, 0.15) is 0 Å². The lowest BCUT2D eigenvalue weighted by Gasteiger charge is -2.28. The van der Waals surface area contributed by atoms with Gasteiger partial charge in [0.25, 0.3) is 0 Å². The predicted molar refractivity (Wildman–Crippen MR) is 124 cm³/mol. The highest BCUT2D eigenvalue weighted by Gasteiger charge is 2.15. The van der Waals surface area contributed by atoms with Crippen LogP contribution in [0.5, 0.6) is 0 Å². The van der Waals surface area contributed by atoms with Crippen LogP contribution in [0.15, 0.2) is 71.2 Å². The maximum absolute atomic E-state index is 5.47. The van der Waals surface area contributed by atoms with Crippen molar-refractivity contribution in [3.63, 3.8) is 0 Å². The van der Waals surface area contributed by atoms with Gasteiger partial charge < -0.3 is 9.64 Å². The van der Waals surface area contributed by atoms with Crippen LogP contribution in [0, 0.1) is 0 Å². The van der Waals surface area contributed by atoms with E-state index in [1.807, 2.05) is 42.2 Å². The number of para-hydroxylation sites is 1. The second-order valence-electron chi connectivity index (χ2n) is 7.75. The highest BCUT2D eigenvalue weighted by atomic mass is 32.2. The van der Waals surface area contributed by atoms with Gasteiger partial charge in [-0.3, -0.25) is 14.1 Å². The van der Waals surface area contributed by atoms with Crippen LogP contribution in [0.4, 0.5) is 5.69 Å². The van der Waals surface area contributed by atoms with Crippen molar-refractivity contribution in [3.05, 3.63) is 61.2 Å². The zero-order chi connectivity index (χ0) is 21.5. The van der Waals surface area contributed by atoms with E-state index < -0.39 is 0 Å². The van der Waals surface area contributed by atoms with Crippen molar-refractivity contribution in [2.24, 2.45) is 7.05 Å². The van der Waals surface area contributed by atoms with Gasteiger partial charge >= 0.3 is 0 Å². The van der Waals surface area contributed by atoms with E-state index in [0.717, 1.165) is 69.7 Å². The summed E-state index contributed by atoms with van der Waals surface area (Å²) in [5.74, 6) is 0. The summed E-state index contributed by atoms with van der Waals surface area (Å²) < 4.78 is 9.30. The zero-order valence-corrected chi connectivity index (χ0v) is 18.4. The fourth-order valence-electron chi connectivity index (χ4n) is 3.98. The molecule has 1 aromatic carbocycles. The van der Waals surface area contributed by atoms with Gasteiger partial charge in [-0.15, -0.1) is 10.2 Å². The van der Waals surface area contributed by atoms with E-state index >= 15 is 0 Å². The topological polar surface area (TPSA) is 73.4 Å². The first-order valence-electron chi connectivity index (χ1n) is 10.5. The third kappa shape index (κ3) is 3.49. The molecule has 1 fully saturated rings. The number of benzene rings is 1. The average molecular weight is 444 g/mol. The molecule has 5 heterocycles. The molecule has 0 bridgehead atoms. The first-order valence-corrected chi connectivity index (χ1v) is 11.3. The fraction of sp³-hybridized carbons (Fsp3) is 0.217. The van der Waals surface area contributed by atoms with E-state index in [0.29, 0.717) is 0 Å². The van der Waals surface area contributed by atoms with Gasteiger partial charge in [-0.2, -0.15) is 5.10 Å². The molecule has 0 unspecified atom stereocenters. The summed E-state index contributed by atoms with van der Waals surface area (Å²) in [6.45, 7) is 3.31. The molecule has 4 aromatic heterocycles. The Morgan fingerprint density at radius 2 is 1.88 bits per heavy atom. The molecule has 0 amide bonds. The molecule has 1 aliphatic rings. The number of aromatic nitrogens is 6. The van der Waals surface area contributed by atoms with E-state index in [1.165, 1.54) is 0 Å². The summed E-state index contributed by atoms with van der Waals surface area (Å²) in [6, 6.07) is 12.5. The van der Waals surface area contributed by atoms with Crippen molar-refractivity contribution in [1.82, 2.24) is 29.4 Å². The number of anilines is 1. The second kappa shape index (κ2) is 7.92. The summed E-state index contributed by atoms with van der Waals surface area (Å²) in [4.78, 5) is 8.19. The Balaban J connectivity index is 1.35. The number of pyridine rings is 2. The summed E-state index contributed by atoms with van der Waals surface area (Å²) in [5, 5.41) is 15.0. The molecule has 9 heteroatoms. The summed E-state index contributed by atoms with van der Waals surface area (Å²) in [7, 11) is 1.92. The van der Waals surface area contributed by atoms with Gasteiger partial charge in [-0.05, 0) is 36.0 Å². The highest BCUT2D eigenvalue weighted by molar-refractivity contribution is 7.99. The molecule has 0 aliphatic carbocycles. The maximum atomic E-state index is 5.47. The average Bonchev–Trinajstić information content (AvgIpc) is 3.45. The molecule has 0 atom stereocenters. The normalized spacial score (nSPS) is 14.5. The van der Waals surface area contributed by atoms with E-state index in [1.54, 1.807) is 16.4 Å². The van der Waals surface area contributed by atoms with Gasteiger partial charge in [0.15, 0.2) is 5.65 Å². The Labute approximate surface area is 188 Å². The molecule has 32 heavy (non-hydrogen) atoms. The van der Waals surface area contributed by atoms with Gasteiger partial charge in [0.05, 0.1) is 36.8 Å². The van der Waals surface area contributed by atoms with Crippen LogP contribution in [-0.4, -0.2) is 55.7 Å². The van der Waals surface area contributed by atoms with Gasteiger partial charge in [0.1, 0.15) is 0 Å². The minimum atomic E-state index is 0.759. The number of morpholine rings is 1. The predicted octanol–water partition coefficient (Wildman–Crippen LogP) is 3.67. The molecule has 8 nitrogen and oxygen atoms in total. The molecular weight excluding hydrogens is 422 g/mol. The van der Waals surface area contributed by atoms with E-state index in [9.17, 15) is 0 Å². The molecule has 6 rings (SSSR count). The van der Waals surface area contributed by atoms with Crippen LogP contribution in [0.3, 0.4) is 0 Å². The summed E-state index contributed by atoms with van der Waals surface area (Å²) in [6.07, 6.45) is 7.88. The van der Waals surface area contributed by atoms with Crippen LogP contribution in [-0.2, 0) is 11.8 Å². The van der Waals surface area contributed by atoms with Gasteiger partial charge in [-0.1, -0.05) is 12.1 Å². The van der Waals surface area contributed by atoms with E-state index in [2.05, 4.69) is 50.7 Å². The zero-order valence-electron chi connectivity index (χ0n) is 17.5. The first-order chi connectivity index (χ1) is 15.7. The molecule has 1 aliphatic heterocycles. The van der Waals surface area contributed by atoms with Crippen LogP contribution in [0.25, 0.3) is 27.7 Å². The largest absolute Gasteiger partial charge is 0.378 e. The number of rotatable bonds is 4. The van der Waals surface area contributed by atoms with Crippen molar-refractivity contribution < 1.29 is 4.74 Å². The Kier molecular flexibility index (Phi) is 4.77. The van der Waals surface area contributed by atoms with Gasteiger partial charge in [0.2, 0.25) is 5.16 Å². The monoisotopic (exact) mass is 443 g/mol. The van der Waals surface area contributed by atoms with Crippen molar-refractivity contribution >= 4 is 34.0 Å². The van der Waals surface area contributed by atoms with Gasteiger partial charge in [-0.25, -0.2) is 0 Å². The lowest BCUT2D eigenvalue weighted by atomic mass is 10.2. The van der Waals surface area contributed by atoms with Crippen molar-refractivity contribution in [3.8, 4) is 11.1 Å². The van der Waals surface area contributed by atoms with Crippen molar-refractivity contribution in [2.75, 3.05) is 31.2 Å². The number of fused-ring (bicyclic) bond motifs is 2. The number of hydrogen-bond acceptors (Lipinski definition) is 7. The maximum Gasteiger partial charge on any atom is 0.200 e. The molecular formula is C23H21N7OS. The molecule has 0 radical (unpaired) electrons. The number of hydrogen-bond donors (Lipinski definition) is 0. The Morgan fingerprint density at radius 3 is 2.72 bits per heavy atom. The molecule has 1 saturated heterocycles. The number of ether oxygens (including phenoxy) is 1. The smallest absolute Gasteiger partial charge is 0.200 e. The lowest BCUT2D eigenvalue weighted by Crippen LogP contribution is -2.36. The third-order valence-electron chi connectivity index (χ3n) is 5.65. The lowest BCUT2D eigenvalue weighted by molar-refractivity contribution is 0.122. The van der Waals surface area contributed by atoms with Crippen molar-refractivity contribution in [1.29, 1.82) is 0 Å². The molecule has 160 valence electrons. The molecule has 0 saturated carbocycles. The Morgan fingerprint density at radius 1 is 0.969 bits per heavy atom. The van der Waals surface area contributed by atoms with Crippen LogP contribution >= 0.6 is 11.8 Å². The first kappa shape index (κ1) is 19.3. The van der Waals surface area contributed by atoms with Crippen LogP contribution in [0.2, 0.25) is 0 Å². The minimum Gasteiger partial charge on any atom is -0.378 e. The Bertz CT molecular complexity index is 1420. The summed E-state index contributed by atoms with van der Waals surface area (Å²) in [5.41, 5.74) is 5.04. The standard InChI is InChI=1S/C23H21N7OS/c1-28-14-18(12-25-28)17-5-6-21-26-27-23(30(21)15-17)32-20-4-2-3-16-11-19(13-24-22(16)20)29-7-9-31-10-8-29/h2-6,11-15H,7-10H2,1H3. The number of aryl methyl sites for hydroxylation is 1.